The molecule has 260 valence electrons. The second kappa shape index (κ2) is 12.0. The fraction of sp³-hybridized carbons (Fsp3) is 0. The monoisotopic (exact) mass is 712 g/mol. The summed E-state index contributed by atoms with van der Waals surface area (Å²) < 4.78 is 4.77. The molecule has 0 atom stereocenters. The van der Waals surface area contributed by atoms with Crippen LogP contribution in [0.3, 0.4) is 0 Å². The molecule has 12 rings (SSSR count). The van der Waals surface area contributed by atoms with Crippen molar-refractivity contribution in [3.63, 3.8) is 0 Å². The minimum atomic E-state index is 0.911. The number of fused-ring (bicyclic) bond motifs is 10. The minimum absolute atomic E-state index is 0.911. The SMILES string of the molecule is c1ccc(-c2c3ccccc3nc3c2ccc2ccc(-c4ccc(-n5c6ccccc6c6cc(-n7c8ccccc8c8ccccc87)ccc65)cc4)nc23)cc1. The topological polar surface area (TPSA) is 35.6 Å². The Hall–Kier alpha value is -7.56. The molecular formula is C52H32N4. The number of aromatic nitrogens is 4. The predicted molar refractivity (Wildman–Crippen MR) is 234 cm³/mol. The van der Waals surface area contributed by atoms with Gasteiger partial charge in [-0.1, -0.05) is 133 Å². The lowest BCUT2D eigenvalue weighted by Crippen LogP contribution is -1.96. The zero-order valence-electron chi connectivity index (χ0n) is 30.3. The standard InChI is InChI=1S/C52H32N4/c1-2-12-34(13-3-1)50-41-17-4-8-18-45(41)54-52-42(50)29-24-35-25-30-44(53-51(35)52)33-22-26-36(27-23-33)55-48-21-11-7-16-40(48)43-32-37(28-31-49(43)55)56-46-19-9-5-14-38(46)39-15-6-10-20-47(39)56/h1-32H. The summed E-state index contributed by atoms with van der Waals surface area (Å²) in [6.45, 7) is 0. The molecule has 0 bridgehead atoms. The van der Waals surface area contributed by atoms with Gasteiger partial charge in [-0.3, -0.25) is 0 Å². The summed E-state index contributed by atoms with van der Waals surface area (Å²) in [6.07, 6.45) is 0. The number of hydrogen-bond donors (Lipinski definition) is 0. The summed E-state index contributed by atoms with van der Waals surface area (Å²) in [4.78, 5) is 10.5. The van der Waals surface area contributed by atoms with Crippen LogP contribution in [0.1, 0.15) is 0 Å². The normalized spacial score (nSPS) is 11.9. The lowest BCUT2D eigenvalue weighted by molar-refractivity contribution is 1.16. The van der Waals surface area contributed by atoms with Crippen molar-refractivity contribution in [3.8, 4) is 33.8 Å². The third kappa shape index (κ3) is 4.53. The third-order valence-corrected chi connectivity index (χ3v) is 11.5. The summed E-state index contributed by atoms with van der Waals surface area (Å²) in [5, 5.41) is 8.31. The molecule has 0 N–H and O–H groups in total. The van der Waals surface area contributed by atoms with Crippen LogP contribution in [0.25, 0.3) is 110 Å². The van der Waals surface area contributed by atoms with Gasteiger partial charge < -0.3 is 9.13 Å². The third-order valence-electron chi connectivity index (χ3n) is 11.5. The highest BCUT2D eigenvalue weighted by atomic mass is 15.0. The number of para-hydroxylation sites is 4. The smallest absolute Gasteiger partial charge is 0.0978 e. The zero-order chi connectivity index (χ0) is 36.7. The van der Waals surface area contributed by atoms with Gasteiger partial charge in [0, 0.05) is 60.2 Å². The van der Waals surface area contributed by atoms with Crippen molar-refractivity contribution in [2.24, 2.45) is 0 Å². The first-order valence-corrected chi connectivity index (χ1v) is 19.1. The summed E-state index contributed by atoms with van der Waals surface area (Å²) >= 11 is 0. The van der Waals surface area contributed by atoms with Crippen LogP contribution in [0.4, 0.5) is 0 Å². The average molecular weight is 713 g/mol. The van der Waals surface area contributed by atoms with Crippen LogP contribution >= 0.6 is 0 Å². The summed E-state index contributed by atoms with van der Waals surface area (Å²) in [7, 11) is 0. The average Bonchev–Trinajstić information content (AvgIpc) is 3.78. The zero-order valence-corrected chi connectivity index (χ0v) is 30.3. The van der Waals surface area contributed by atoms with Crippen molar-refractivity contribution in [2.75, 3.05) is 0 Å². The Morgan fingerprint density at radius 2 is 0.875 bits per heavy atom. The number of nitrogens with zero attached hydrogens (tertiary/aromatic N) is 4. The Kier molecular flexibility index (Phi) is 6.60. The van der Waals surface area contributed by atoms with E-state index >= 15 is 0 Å². The van der Waals surface area contributed by atoms with Gasteiger partial charge in [-0.2, -0.15) is 0 Å². The molecule has 0 fully saturated rings. The molecule has 0 unspecified atom stereocenters. The highest BCUT2D eigenvalue weighted by Gasteiger charge is 2.18. The molecule has 4 aromatic heterocycles. The molecule has 4 heteroatoms. The number of hydrogen-bond acceptors (Lipinski definition) is 2. The van der Waals surface area contributed by atoms with E-state index < -0.39 is 0 Å². The number of benzene rings is 8. The van der Waals surface area contributed by atoms with Crippen molar-refractivity contribution in [3.05, 3.63) is 194 Å². The molecule has 0 saturated carbocycles. The van der Waals surface area contributed by atoms with Crippen LogP contribution in [0, 0.1) is 0 Å². The van der Waals surface area contributed by atoms with Crippen LogP contribution in [0.15, 0.2) is 194 Å². The van der Waals surface area contributed by atoms with Crippen LogP contribution in [0.5, 0.6) is 0 Å². The maximum Gasteiger partial charge on any atom is 0.0978 e. The largest absolute Gasteiger partial charge is 0.309 e. The maximum absolute atomic E-state index is 5.31. The molecule has 0 aliphatic carbocycles. The van der Waals surface area contributed by atoms with Gasteiger partial charge in [-0.25, -0.2) is 9.97 Å². The molecule has 0 radical (unpaired) electrons. The minimum Gasteiger partial charge on any atom is -0.309 e. The summed E-state index contributed by atoms with van der Waals surface area (Å²) in [5.41, 5.74) is 14.2. The van der Waals surface area contributed by atoms with Gasteiger partial charge in [-0.15, -0.1) is 0 Å². The Balaban J connectivity index is 0.990. The quantitative estimate of drug-likeness (QED) is 0.135. The van der Waals surface area contributed by atoms with Crippen molar-refractivity contribution in [1.29, 1.82) is 0 Å². The van der Waals surface area contributed by atoms with Gasteiger partial charge in [0.2, 0.25) is 0 Å². The predicted octanol–water partition coefficient (Wildman–Crippen LogP) is 13.5. The number of pyridine rings is 2. The molecule has 0 amide bonds. The maximum atomic E-state index is 5.31. The molecule has 4 heterocycles. The molecule has 56 heavy (non-hydrogen) atoms. The molecule has 0 aliphatic heterocycles. The highest BCUT2D eigenvalue weighted by molar-refractivity contribution is 6.16. The van der Waals surface area contributed by atoms with Gasteiger partial charge in [0.25, 0.3) is 0 Å². The van der Waals surface area contributed by atoms with Crippen LogP contribution < -0.4 is 0 Å². The van der Waals surface area contributed by atoms with Gasteiger partial charge in [0.05, 0.1) is 44.3 Å². The first-order chi connectivity index (χ1) is 27.8. The van der Waals surface area contributed by atoms with E-state index in [9.17, 15) is 0 Å². The second-order valence-corrected chi connectivity index (χ2v) is 14.6. The lowest BCUT2D eigenvalue weighted by atomic mass is 9.95. The molecule has 12 aromatic rings. The van der Waals surface area contributed by atoms with E-state index in [2.05, 4.69) is 203 Å². The Labute approximate surface area is 322 Å². The fourth-order valence-corrected chi connectivity index (χ4v) is 8.97. The van der Waals surface area contributed by atoms with E-state index in [1.54, 1.807) is 0 Å². The molecule has 8 aromatic carbocycles. The lowest BCUT2D eigenvalue weighted by Gasteiger charge is -2.13. The van der Waals surface area contributed by atoms with E-state index in [4.69, 9.17) is 9.97 Å². The van der Waals surface area contributed by atoms with Crippen molar-refractivity contribution < 1.29 is 0 Å². The Morgan fingerprint density at radius 3 is 1.59 bits per heavy atom. The second-order valence-electron chi connectivity index (χ2n) is 14.6. The highest BCUT2D eigenvalue weighted by Crippen LogP contribution is 2.39. The van der Waals surface area contributed by atoms with Crippen LogP contribution in [-0.4, -0.2) is 19.1 Å². The molecule has 0 spiro atoms. The van der Waals surface area contributed by atoms with Crippen molar-refractivity contribution in [1.82, 2.24) is 19.1 Å². The Bertz CT molecular complexity index is 3470. The molecule has 0 aliphatic rings. The molecule has 0 saturated heterocycles. The van der Waals surface area contributed by atoms with Gasteiger partial charge in [-0.05, 0) is 66.2 Å². The van der Waals surface area contributed by atoms with E-state index in [0.717, 1.165) is 55.3 Å². The van der Waals surface area contributed by atoms with E-state index in [-0.39, 0.29) is 0 Å². The first-order valence-electron chi connectivity index (χ1n) is 19.1. The van der Waals surface area contributed by atoms with Gasteiger partial charge in [0.15, 0.2) is 0 Å². The van der Waals surface area contributed by atoms with Crippen LogP contribution in [0.2, 0.25) is 0 Å². The van der Waals surface area contributed by atoms with Crippen molar-refractivity contribution in [2.45, 2.75) is 0 Å². The van der Waals surface area contributed by atoms with Crippen LogP contribution in [-0.2, 0) is 0 Å². The van der Waals surface area contributed by atoms with Gasteiger partial charge >= 0.3 is 0 Å². The number of rotatable bonds is 4. The molecule has 4 nitrogen and oxygen atoms in total. The van der Waals surface area contributed by atoms with E-state index in [1.165, 1.54) is 54.7 Å². The Morgan fingerprint density at radius 1 is 0.321 bits per heavy atom. The molecular weight excluding hydrogens is 681 g/mol. The summed E-state index contributed by atoms with van der Waals surface area (Å²) in [6, 6.07) is 69.5. The van der Waals surface area contributed by atoms with E-state index in [1.807, 2.05) is 0 Å². The summed E-state index contributed by atoms with van der Waals surface area (Å²) in [5.74, 6) is 0. The van der Waals surface area contributed by atoms with Crippen molar-refractivity contribution >= 4 is 76.3 Å². The fourth-order valence-electron chi connectivity index (χ4n) is 8.97. The van der Waals surface area contributed by atoms with E-state index in [0.29, 0.717) is 0 Å². The first kappa shape index (κ1) is 30.9. The van der Waals surface area contributed by atoms with Gasteiger partial charge in [0.1, 0.15) is 0 Å².